The summed E-state index contributed by atoms with van der Waals surface area (Å²) >= 11 is 2.22. The molecule has 0 amide bonds. The van der Waals surface area contributed by atoms with Crippen molar-refractivity contribution >= 4 is 28.4 Å². The second kappa shape index (κ2) is 9.34. The van der Waals surface area contributed by atoms with E-state index in [9.17, 15) is 4.79 Å². The number of hydrogen-bond donors (Lipinski definition) is 0. The van der Waals surface area contributed by atoms with E-state index in [0.717, 1.165) is 22.0 Å². The zero-order valence-corrected chi connectivity index (χ0v) is 14.0. The Kier molecular flexibility index (Phi) is 8.10. The molecule has 0 aliphatic carbocycles. The van der Waals surface area contributed by atoms with Crippen molar-refractivity contribution in [3.63, 3.8) is 0 Å². The molecule has 3 heteroatoms. The van der Waals surface area contributed by atoms with E-state index in [4.69, 9.17) is 4.74 Å². The maximum Gasteiger partial charge on any atom is 0.166 e. The van der Waals surface area contributed by atoms with E-state index in [2.05, 4.69) is 29.5 Å². The van der Waals surface area contributed by atoms with Gasteiger partial charge in [0.05, 0.1) is 12.7 Å². The minimum absolute atomic E-state index is 0.200. The maximum atomic E-state index is 12.2. The molecule has 0 radical (unpaired) electrons. The Labute approximate surface area is 130 Å². The van der Waals surface area contributed by atoms with Gasteiger partial charge in [-0.25, -0.2) is 0 Å². The third kappa shape index (κ3) is 5.93. The lowest BCUT2D eigenvalue weighted by atomic mass is 10.0. The van der Waals surface area contributed by atoms with Crippen LogP contribution >= 0.6 is 22.6 Å². The number of hydrogen-bond acceptors (Lipinski definition) is 2. The molecule has 0 fully saturated rings. The van der Waals surface area contributed by atoms with Crippen molar-refractivity contribution in [1.29, 1.82) is 0 Å². The molecule has 1 rings (SSSR count). The first kappa shape index (κ1) is 16.5. The number of Topliss-reactive ketones (excluding diaryl/α,β-unsaturated/α-hetero) is 1. The summed E-state index contributed by atoms with van der Waals surface area (Å²) in [5, 5.41) is 0. The zero-order valence-electron chi connectivity index (χ0n) is 11.9. The molecule has 1 aromatic carbocycles. The normalized spacial score (nSPS) is 10.5. The molecular weight excluding hydrogens is 351 g/mol. The minimum Gasteiger partial charge on any atom is -0.496 e. The third-order valence-electron chi connectivity index (χ3n) is 3.22. The van der Waals surface area contributed by atoms with Crippen molar-refractivity contribution in [1.82, 2.24) is 0 Å². The van der Waals surface area contributed by atoms with E-state index in [-0.39, 0.29) is 5.78 Å². The molecule has 0 saturated heterocycles. The van der Waals surface area contributed by atoms with Crippen molar-refractivity contribution in [3.05, 3.63) is 27.3 Å². The lowest BCUT2D eigenvalue weighted by Crippen LogP contribution is -2.02. The monoisotopic (exact) mass is 374 g/mol. The highest BCUT2D eigenvalue weighted by Gasteiger charge is 2.12. The minimum atomic E-state index is 0.200. The fraction of sp³-hybridized carbons (Fsp3) is 0.562. The van der Waals surface area contributed by atoms with E-state index < -0.39 is 0 Å². The van der Waals surface area contributed by atoms with Crippen molar-refractivity contribution in [2.45, 2.75) is 51.9 Å². The molecule has 19 heavy (non-hydrogen) atoms. The van der Waals surface area contributed by atoms with Gasteiger partial charge in [0.1, 0.15) is 5.75 Å². The molecule has 0 saturated carbocycles. The first-order valence-electron chi connectivity index (χ1n) is 7.05. The van der Waals surface area contributed by atoms with E-state index in [1.165, 1.54) is 25.7 Å². The summed E-state index contributed by atoms with van der Waals surface area (Å²) in [6, 6.07) is 5.75. The number of methoxy groups -OCH3 is 1. The Morgan fingerprint density at radius 1 is 1.16 bits per heavy atom. The predicted octanol–water partition coefficient (Wildman–Crippen LogP) is 5.23. The van der Waals surface area contributed by atoms with Crippen molar-refractivity contribution < 1.29 is 9.53 Å². The Morgan fingerprint density at radius 2 is 1.84 bits per heavy atom. The average Bonchev–Trinajstić information content (AvgIpc) is 2.42. The van der Waals surface area contributed by atoms with Crippen LogP contribution in [-0.2, 0) is 0 Å². The number of benzene rings is 1. The van der Waals surface area contributed by atoms with Gasteiger partial charge in [-0.15, -0.1) is 0 Å². The Balaban J connectivity index is 2.43. The highest BCUT2D eigenvalue weighted by molar-refractivity contribution is 14.1. The summed E-state index contributed by atoms with van der Waals surface area (Å²) in [6.45, 7) is 2.22. The third-order valence-corrected chi connectivity index (χ3v) is 3.89. The topological polar surface area (TPSA) is 26.3 Å². The van der Waals surface area contributed by atoms with Gasteiger partial charge in [-0.2, -0.15) is 0 Å². The molecule has 0 bridgehead atoms. The second-order valence-electron chi connectivity index (χ2n) is 4.79. The Morgan fingerprint density at radius 3 is 2.53 bits per heavy atom. The number of halogens is 1. The van der Waals surface area contributed by atoms with Crippen molar-refractivity contribution in [2.75, 3.05) is 7.11 Å². The Hall–Kier alpha value is -0.580. The smallest absolute Gasteiger partial charge is 0.166 e. The van der Waals surface area contributed by atoms with Crippen LogP contribution in [-0.4, -0.2) is 12.9 Å². The fourth-order valence-electron chi connectivity index (χ4n) is 2.10. The fourth-order valence-corrected chi connectivity index (χ4v) is 2.59. The molecule has 0 aliphatic rings. The molecule has 1 aromatic rings. The molecule has 106 valence electrons. The molecule has 0 aromatic heterocycles. The summed E-state index contributed by atoms with van der Waals surface area (Å²) in [5.41, 5.74) is 0.725. The van der Waals surface area contributed by atoms with E-state index in [1.807, 2.05) is 18.2 Å². The summed E-state index contributed by atoms with van der Waals surface area (Å²) in [4.78, 5) is 12.2. The standard InChI is InChI=1S/C16H23IO2/c1-3-4-5-6-7-8-9-15(18)14-12-13(17)10-11-16(14)19-2/h10-12H,3-9H2,1-2H3. The van der Waals surface area contributed by atoms with Crippen LogP contribution in [0, 0.1) is 3.57 Å². The molecule has 0 unspecified atom stereocenters. The summed E-state index contributed by atoms with van der Waals surface area (Å²) < 4.78 is 6.33. The first-order chi connectivity index (χ1) is 9.19. The van der Waals surface area contributed by atoms with E-state index in [1.54, 1.807) is 7.11 Å². The quantitative estimate of drug-likeness (QED) is 0.336. The lowest BCUT2D eigenvalue weighted by Gasteiger charge is -2.08. The largest absolute Gasteiger partial charge is 0.496 e. The van der Waals surface area contributed by atoms with Crippen LogP contribution in [0.5, 0.6) is 5.75 Å². The molecule has 2 nitrogen and oxygen atoms in total. The van der Waals surface area contributed by atoms with Crippen LogP contribution in [0.15, 0.2) is 18.2 Å². The maximum absolute atomic E-state index is 12.2. The van der Waals surface area contributed by atoms with E-state index in [0.29, 0.717) is 12.2 Å². The van der Waals surface area contributed by atoms with Gasteiger partial charge in [0, 0.05) is 9.99 Å². The summed E-state index contributed by atoms with van der Waals surface area (Å²) in [5.74, 6) is 0.891. The van der Waals surface area contributed by atoms with Gasteiger partial charge < -0.3 is 4.74 Å². The van der Waals surface area contributed by atoms with Crippen LogP contribution in [0.1, 0.15) is 62.2 Å². The SMILES string of the molecule is CCCCCCCCC(=O)c1cc(I)ccc1OC. The average molecular weight is 374 g/mol. The van der Waals surface area contributed by atoms with Crippen LogP contribution in [0.3, 0.4) is 0 Å². The molecular formula is C16H23IO2. The van der Waals surface area contributed by atoms with Gasteiger partial charge >= 0.3 is 0 Å². The summed E-state index contributed by atoms with van der Waals surface area (Å²) in [7, 11) is 1.61. The van der Waals surface area contributed by atoms with Gasteiger partial charge in [-0.05, 0) is 47.2 Å². The van der Waals surface area contributed by atoms with Crippen LogP contribution in [0.4, 0.5) is 0 Å². The van der Waals surface area contributed by atoms with Gasteiger partial charge in [-0.3, -0.25) is 4.79 Å². The number of rotatable bonds is 9. The number of ketones is 1. The molecule has 0 atom stereocenters. The number of carbonyl (C=O) groups excluding carboxylic acids is 1. The summed E-state index contributed by atoms with van der Waals surface area (Å²) in [6.07, 6.45) is 7.86. The Bertz CT molecular complexity index is 402. The molecule has 0 N–H and O–H groups in total. The number of ether oxygens (including phenoxy) is 1. The second-order valence-corrected chi connectivity index (χ2v) is 6.03. The predicted molar refractivity (Wildman–Crippen MR) is 88.0 cm³/mol. The van der Waals surface area contributed by atoms with Crippen LogP contribution in [0.25, 0.3) is 0 Å². The van der Waals surface area contributed by atoms with Gasteiger partial charge in [0.25, 0.3) is 0 Å². The van der Waals surface area contributed by atoms with E-state index >= 15 is 0 Å². The van der Waals surface area contributed by atoms with Gasteiger partial charge in [0.2, 0.25) is 0 Å². The van der Waals surface area contributed by atoms with Crippen molar-refractivity contribution in [2.24, 2.45) is 0 Å². The lowest BCUT2D eigenvalue weighted by molar-refractivity contribution is 0.0976. The van der Waals surface area contributed by atoms with Gasteiger partial charge in [-0.1, -0.05) is 39.0 Å². The molecule has 0 spiro atoms. The van der Waals surface area contributed by atoms with Crippen LogP contribution < -0.4 is 4.74 Å². The highest BCUT2D eigenvalue weighted by Crippen LogP contribution is 2.23. The van der Waals surface area contributed by atoms with Gasteiger partial charge in [0.15, 0.2) is 5.78 Å². The highest BCUT2D eigenvalue weighted by atomic mass is 127. The number of carbonyl (C=O) groups is 1. The zero-order chi connectivity index (χ0) is 14.1. The van der Waals surface area contributed by atoms with Crippen molar-refractivity contribution in [3.8, 4) is 5.75 Å². The molecule has 0 heterocycles. The number of unbranched alkanes of at least 4 members (excludes halogenated alkanes) is 5. The van der Waals surface area contributed by atoms with Crippen LogP contribution in [0.2, 0.25) is 0 Å². The molecule has 0 aliphatic heterocycles. The first-order valence-corrected chi connectivity index (χ1v) is 8.13.